The summed E-state index contributed by atoms with van der Waals surface area (Å²) < 4.78 is 5.44. The average Bonchev–Trinajstić information content (AvgIpc) is 2.36. The fourth-order valence-electron chi connectivity index (χ4n) is 1.98. The number of benzene rings is 1. The first-order valence-electron chi connectivity index (χ1n) is 6.12. The smallest absolute Gasteiger partial charge is 0.0736 e. The standard InChI is InChI=1S/C14H23ClN2O/c1-11(18-4)14(2,10-16)17(3)9-12-6-5-7-13(15)8-12/h5-8,11H,9-10,16H2,1-4H3. The van der Waals surface area contributed by atoms with Gasteiger partial charge in [0.1, 0.15) is 0 Å². The molecule has 1 rings (SSSR count). The van der Waals surface area contributed by atoms with E-state index >= 15 is 0 Å². The molecular formula is C14H23ClN2O. The van der Waals surface area contributed by atoms with Crippen LogP contribution in [0.15, 0.2) is 24.3 Å². The SMILES string of the molecule is COC(C)C(C)(CN)N(C)Cc1cccc(Cl)c1. The molecule has 0 radical (unpaired) electrons. The Hall–Kier alpha value is -0.610. The number of rotatable bonds is 6. The number of nitrogens with zero attached hydrogens (tertiary/aromatic N) is 1. The van der Waals surface area contributed by atoms with Gasteiger partial charge in [0.05, 0.1) is 11.6 Å². The highest BCUT2D eigenvalue weighted by atomic mass is 35.5. The largest absolute Gasteiger partial charge is 0.380 e. The fraction of sp³-hybridized carbons (Fsp3) is 0.571. The van der Waals surface area contributed by atoms with Crippen LogP contribution in [0.4, 0.5) is 0 Å². The molecule has 0 aromatic heterocycles. The number of ether oxygens (including phenoxy) is 1. The van der Waals surface area contributed by atoms with Gasteiger partial charge in [-0.05, 0) is 38.6 Å². The zero-order chi connectivity index (χ0) is 13.8. The Morgan fingerprint density at radius 2 is 2.17 bits per heavy atom. The molecule has 0 saturated heterocycles. The van der Waals surface area contributed by atoms with Gasteiger partial charge in [0.15, 0.2) is 0 Å². The first-order valence-corrected chi connectivity index (χ1v) is 6.50. The van der Waals surface area contributed by atoms with Crippen LogP contribution < -0.4 is 5.73 Å². The van der Waals surface area contributed by atoms with E-state index < -0.39 is 0 Å². The lowest BCUT2D eigenvalue weighted by Crippen LogP contribution is -2.57. The van der Waals surface area contributed by atoms with Gasteiger partial charge >= 0.3 is 0 Å². The Kier molecular flexibility index (Phi) is 5.60. The van der Waals surface area contributed by atoms with Crippen LogP contribution in [0, 0.1) is 0 Å². The Bertz CT molecular complexity index is 386. The van der Waals surface area contributed by atoms with Crippen LogP contribution in [0.5, 0.6) is 0 Å². The summed E-state index contributed by atoms with van der Waals surface area (Å²) in [4.78, 5) is 2.22. The van der Waals surface area contributed by atoms with Gasteiger partial charge in [0.2, 0.25) is 0 Å². The van der Waals surface area contributed by atoms with Crippen LogP contribution in [0.3, 0.4) is 0 Å². The molecule has 0 saturated carbocycles. The zero-order valence-electron chi connectivity index (χ0n) is 11.6. The molecule has 0 spiro atoms. The van der Waals surface area contributed by atoms with Gasteiger partial charge in [-0.2, -0.15) is 0 Å². The van der Waals surface area contributed by atoms with E-state index in [1.54, 1.807) is 7.11 Å². The highest BCUT2D eigenvalue weighted by Crippen LogP contribution is 2.22. The Morgan fingerprint density at radius 3 is 2.67 bits per heavy atom. The maximum atomic E-state index is 6.00. The topological polar surface area (TPSA) is 38.5 Å². The van der Waals surface area contributed by atoms with Crippen molar-refractivity contribution in [1.29, 1.82) is 0 Å². The molecule has 4 heteroatoms. The summed E-state index contributed by atoms with van der Waals surface area (Å²) in [7, 11) is 3.77. The molecule has 2 unspecified atom stereocenters. The minimum absolute atomic E-state index is 0.0617. The fourth-order valence-corrected chi connectivity index (χ4v) is 2.19. The van der Waals surface area contributed by atoms with Gasteiger partial charge in [0, 0.05) is 25.2 Å². The molecule has 0 aliphatic rings. The van der Waals surface area contributed by atoms with Crippen molar-refractivity contribution in [3.05, 3.63) is 34.9 Å². The normalized spacial score (nSPS) is 16.6. The summed E-state index contributed by atoms with van der Waals surface area (Å²) in [5, 5.41) is 0.759. The average molecular weight is 271 g/mol. The van der Waals surface area contributed by atoms with Crippen molar-refractivity contribution < 1.29 is 4.74 Å². The monoisotopic (exact) mass is 270 g/mol. The Morgan fingerprint density at radius 1 is 1.50 bits per heavy atom. The lowest BCUT2D eigenvalue weighted by molar-refractivity contribution is -0.0230. The molecule has 2 atom stereocenters. The van der Waals surface area contributed by atoms with Crippen molar-refractivity contribution in [3.8, 4) is 0 Å². The molecule has 0 aliphatic carbocycles. The van der Waals surface area contributed by atoms with Crippen molar-refractivity contribution >= 4 is 11.6 Å². The van der Waals surface area contributed by atoms with Crippen LogP contribution in [0.1, 0.15) is 19.4 Å². The van der Waals surface area contributed by atoms with Crippen molar-refractivity contribution in [2.45, 2.75) is 32.0 Å². The number of methoxy groups -OCH3 is 1. The molecule has 3 nitrogen and oxygen atoms in total. The van der Waals surface area contributed by atoms with E-state index in [0.29, 0.717) is 6.54 Å². The molecule has 2 N–H and O–H groups in total. The number of likely N-dealkylation sites (N-methyl/N-ethyl adjacent to an activating group) is 1. The van der Waals surface area contributed by atoms with Crippen LogP contribution in [0.25, 0.3) is 0 Å². The predicted octanol–water partition coefficient (Wildman–Crippen LogP) is 2.52. The van der Waals surface area contributed by atoms with E-state index in [1.165, 1.54) is 5.56 Å². The molecule has 0 heterocycles. The summed E-state index contributed by atoms with van der Waals surface area (Å²) >= 11 is 6.00. The summed E-state index contributed by atoms with van der Waals surface area (Å²) in [6.45, 7) is 5.49. The third-order valence-corrected chi connectivity index (χ3v) is 4.06. The Balaban J connectivity index is 2.82. The summed E-state index contributed by atoms with van der Waals surface area (Å²) in [6.07, 6.45) is 0.0617. The van der Waals surface area contributed by atoms with Gasteiger partial charge in [-0.15, -0.1) is 0 Å². The van der Waals surface area contributed by atoms with E-state index in [4.69, 9.17) is 22.1 Å². The van der Waals surface area contributed by atoms with E-state index in [-0.39, 0.29) is 11.6 Å². The Labute approximate surface area is 115 Å². The van der Waals surface area contributed by atoms with Crippen molar-refractivity contribution in [3.63, 3.8) is 0 Å². The van der Waals surface area contributed by atoms with Crippen LogP contribution in [-0.2, 0) is 11.3 Å². The van der Waals surface area contributed by atoms with Gasteiger partial charge in [-0.1, -0.05) is 23.7 Å². The lowest BCUT2D eigenvalue weighted by atomic mass is 9.93. The molecule has 0 bridgehead atoms. The van der Waals surface area contributed by atoms with Crippen LogP contribution in [0.2, 0.25) is 5.02 Å². The quantitative estimate of drug-likeness (QED) is 0.863. The maximum absolute atomic E-state index is 6.00. The summed E-state index contributed by atoms with van der Waals surface area (Å²) in [5.41, 5.74) is 6.90. The molecule has 0 amide bonds. The van der Waals surface area contributed by atoms with Gasteiger partial charge < -0.3 is 10.5 Å². The van der Waals surface area contributed by atoms with E-state index in [1.807, 2.05) is 25.1 Å². The first-order chi connectivity index (χ1) is 8.43. The lowest BCUT2D eigenvalue weighted by Gasteiger charge is -2.42. The molecule has 0 aliphatic heterocycles. The van der Waals surface area contributed by atoms with Crippen molar-refractivity contribution in [2.24, 2.45) is 5.73 Å². The van der Waals surface area contributed by atoms with Gasteiger partial charge in [-0.3, -0.25) is 4.90 Å². The summed E-state index contributed by atoms with van der Waals surface area (Å²) in [5.74, 6) is 0. The van der Waals surface area contributed by atoms with E-state index in [0.717, 1.165) is 11.6 Å². The highest BCUT2D eigenvalue weighted by Gasteiger charge is 2.34. The predicted molar refractivity (Wildman–Crippen MR) is 76.8 cm³/mol. The number of nitrogens with two attached hydrogens (primary N) is 1. The molecule has 102 valence electrons. The molecule has 0 fully saturated rings. The van der Waals surface area contributed by atoms with Crippen molar-refractivity contribution in [2.75, 3.05) is 20.7 Å². The van der Waals surface area contributed by atoms with E-state index in [9.17, 15) is 0 Å². The second-order valence-electron chi connectivity index (χ2n) is 4.93. The number of hydrogen-bond donors (Lipinski definition) is 1. The third kappa shape index (κ3) is 3.45. The minimum atomic E-state index is -0.197. The molecular weight excluding hydrogens is 248 g/mol. The van der Waals surface area contributed by atoms with Crippen LogP contribution in [-0.4, -0.2) is 37.2 Å². The maximum Gasteiger partial charge on any atom is 0.0736 e. The highest BCUT2D eigenvalue weighted by molar-refractivity contribution is 6.30. The van der Waals surface area contributed by atoms with E-state index in [2.05, 4.69) is 24.9 Å². The summed E-state index contributed by atoms with van der Waals surface area (Å²) in [6, 6.07) is 7.89. The van der Waals surface area contributed by atoms with Crippen molar-refractivity contribution in [1.82, 2.24) is 4.90 Å². The zero-order valence-corrected chi connectivity index (χ0v) is 12.4. The number of hydrogen-bond acceptors (Lipinski definition) is 3. The molecule has 18 heavy (non-hydrogen) atoms. The van der Waals surface area contributed by atoms with Gasteiger partial charge in [0.25, 0.3) is 0 Å². The first kappa shape index (κ1) is 15.4. The molecule has 1 aromatic carbocycles. The van der Waals surface area contributed by atoms with Gasteiger partial charge in [-0.25, -0.2) is 0 Å². The minimum Gasteiger partial charge on any atom is -0.380 e. The molecule has 1 aromatic rings. The second kappa shape index (κ2) is 6.53. The number of halogens is 1. The third-order valence-electron chi connectivity index (χ3n) is 3.82. The second-order valence-corrected chi connectivity index (χ2v) is 5.36. The van der Waals surface area contributed by atoms with Crippen LogP contribution >= 0.6 is 11.6 Å².